The Morgan fingerprint density at radius 1 is 0.309 bits per heavy atom. The molecule has 0 saturated carbocycles. The standard InChI is InChI=1S/C51H31N3O/c1-3-12-32(13-4-1)40-20-7-8-21-41(40)36-16-9-18-38(28-36)49-52-50-39-19-10-17-37(29-39)44-30-34(24-26-42(44)33-14-5-2-6-15-33)35-25-27-46-45(31-35)48-43(51(53-49)54-50)22-11-23-47(48)55-46/h1-31H. The Labute approximate surface area is 316 Å². The third-order valence-corrected chi connectivity index (χ3v) is 10.7. The molecule has 0 amide bonds. The molecule has 0 aliphatic rings. The van der Waals surface area contributed by atoms with E-state index in [1.807, 2.05) is 12.1 Å². The maximum atomic E-state index is 6.47. The zero-order chi connectivity index (χ0) is 36.3. The van der Waals surface area contributed by atoms with E-state index in [4.69, 9.17) is 19.4 Å². The number of rotatable bonds is 4. The first kappa shape index (κ1) is 31.1. The minimum absolute atomic E-state index is 0.597. The first-order valence-corrected chi connectivity index (χ1v) is 18.5. The molecule has 4 nitrogen and oxygen atoms in total. The first-order valence-electron chi connectivity index (χ1n) is 18.5. The third kappa shape index (κ3) is 5.34. The van der Waals surface area contributed by atoms with Gasteiger partial charge >= 0.3 is 0 Å². The van der Waals surface area contributed by atoms with Crippen LogP contribution in [0, 0.1) is 0 Å². The highest BCUT2D eigenvalue weighted by molar-refractivity contribution is 6.18. The number of nitrogens with zero attached hydrogens (tertiary/aromatic N) is 3. The van der Waals surface area contributed by atoms with Gasteiger partial charge in [-0.15, -0.1) is 0 Å². The summed E-state index contributed by atoms with van der Waals surface area (Å²) in [5.74, 6) is 0.606. The van der Waals surface area contributed by atoms with Crippen LogP contribution >= 0.6 is 0 Å². The summed E-state index contributed by atoms with van der Waals surface area (Å²) in [6.07, 6.45) is 0. The molecule has 0 radical (unpaired) electrons. The lowest BCUT2D eigenvalue weighted by Crippen LogP contribution is -1.95. The molecule has 3 aromatic heterocycles. The summed E-state index contributed by atoms with van der Waals surface area (Å²) in [6.45, 7) is 0. The van der Waals surface area contributed by atoms with Crippen molar-refractivity contribution in [3.63, 3.8) is 0 Å². The predicted octanol–water partition coefficient (Wildman–Crippen LogP) is 13.6. The summed E-state index contributed by atoms with van der Waals surface area (Å²) in [4.78, 5) is 15.7. The SMILES string of the molecule is c1ccc(-c2ccccc2-c2cccc(-c3nc4nc(n3)c3cccc5oc6ccc(cc6c53)c3ccc(-c5ccccc5)c(c3)c3cccc4c3)c2)cc1. The molecular weight excluding hydrogens is 671 g/mol. The van der Waals surface area contributed by atoms with Crippen molar-refractivity contribution < 1.29 is 4.42 Å². The molecule has 0 aliphatic heterocycles. The Morgan fingerprint density at radius 3 is 1.75 bits per heavy atom. The molecule has 0 aliphatic carbocycles. The van der Waals surface area contributed by atoms with E-state index in [0.717, 1.165) is 82.1 Å². The van der Waals surface area contributed by atoms with Crippen LogP contribution in [0.15, 0.2) is 192 Å². The molecule has 55 heavy (non-hydrogen) atoms. The van der Waals surface area contributed by atoms with Crippen molar-refractivity contribution >= 4 is 65.6 Å². The fraction of sp³-hybridized carbons (Fsp3) is 0. The number of benzene rings is 8. The second kappa shape index (κ2) is 12.6. The van der Waals surface area contributed by atoms with Gasteiger partial charge in [-0.25, -0.2) is 15.0 Å². The zero-order valence-corrected chi connectivity index (χ0v) is 29.6. The summed E-state index contributed by atoms with van der Waals surface area (Å²) >= 11 is 0. The maximum Gasteiger partial charge on any atom is 0.164 e. The van der Waals surface area contributed by atoms with Crippen LogP contribution in [0.3, 0.4) is 0 Å². The molecule has 8 bridgehead atoms. The summed E-state index contributed by atoms with van der Waals surface area (Å²) < 4.78 is 6.47. The van der Waals surface area contributed by atoms with Crippen molar-refractivity contribution in [2.24, 2.45) is 0 Å². The number of furan rings is 1. The molecule has 11 rings (SSSR count). The summed E-state index contributed by atoms with van der Waals surface area (Å²) in [5, 5.41) is 8.30. The minimum atomic E-state index is 0.597. The van der Waals surface area contributed by atoms with Gasteiger partial charge in [0.2, 0.25) is 0 Å². The second-order valence-electron chi connectivity index (χ2n) is 14.0. The number of hydrogen-bond donors (Lipinski definition) is 0. The highest BCUT2D eigenvalue weighted by atomic mass is 16.3. The van der Waals surface area contributed by atoms with Gasteiger partial charge < -0.3 is 4.42 Å². The lowest BCUT2D eigenvalue weighted by Gasteiger charge is -2.11. The average Bonchev–Trinajstić information content (AvgIpc) is 3.65. The smallest absolute Gasteiger partial charge is 0.164 e. The Kier molecular flexibility index (Phi) is 7.14. The van der Waals surface area contributed by atoms with E-state index < -0.39 is 0 Å². The fourth-order valence-corrected chi connectivity index (χ4v) is 8.04. The molecule has 0 N–H and O–H groups in total. The Balaban J connectivity index is 1.24. The van der Waals surface area contributed by atoms with Gasteiger partial charge in [0.1, 0.15) is 11.2 Å². The first-order chi connectivity index (χ1) is 27.2. The molecule has 0 unspecified atom stereocenters. The average molecular weight is 702 g/mol. The number of fused-ring (bicyclic) bond motifs is 11. The quantitative estimate of drug-likeness (QED) is 0.183. The van der Waals surface area contributed by atoms with Crippen molar-refractivity contribution in [3.05, 3.63) is 188 Å². The highest BCUT2D eigenvalue weighted by Crippen LogP contribution is 2.38. The van der Waals surface area contributed by atoms with Crippen molar-refractivity contribution in [1.82, 2.24) is 15.0 Å². The van der Waals surface area contributed by atoms with Crippen LogP contribution in [0.25, 0.3) is 110 Å². The Morgan fingerprint density at radius 2 is 0.927 bits per heavy atom. The molecular formula is C51H31N3O. The van der Waals surface area contributed by atoms with Crippen LogP contribution in [0.5, 0.6) is 0 Å². The van der Waals surface area contributed by atoms with Crippen LogP contribution in [-0.4, -0.2) is 15.0 Å². The molecule has 4 heteroatoms. The van der Waals surface area contributed by atoms with Crippen molar-refractivity contribution in [2.45, 2.75) is 0 Å². The highest BCUT2D eigenvalue weighted by Gasteiger charge is 2.15. The topological polar surface area (TPSA) is 51.8 Å². The summed E-state index contributed by atoms with van der Waals surface area (Å²) in [5.41, 5.74) is 10.6. The van der Waals surface area contributed by atoms with E-state index in [9.17, 15) is 0 Å². The monoisotopic (exact) mass is 701 g/mol. The van der Waals surface area contributed by atoms with Gasteiger partial charge in [0.15, 0.2) is 17.1 Å². The van der Waals surface area contributed by atoms with Gasteiger partial charge in [0.25, 0.3) is 0 Å². The van der Waals surface area contributed by atoms with E-state index >= 15 is 0 Å². The normalized spacial score (nSPS) is 11.6. The van der Waals surface area contributed by atoms with E-state index in [2.05, 4.69) is 176 Å². The number of hydrogen-bond acceptors (Lipinski definition) is 4. The summed E-state index contributed by atoms with van der Waals surface area (Å²) in [6, 6.07) is 66.1. The molecule has 0 atom stereocenters. The third-order valence-electron chi connectivity index (χ3n) is 10.7. The van der Waals surface area contributed by atoms with Gasteiger partial charge in [-0.2, -0.15) is 0 Å². The van der Waals surface area contributed by atoms with Crippen LogP contribution in [0.1, 0.15) is 0 Å². The van der Waals surface area contributed by atoms with E-state index in [0.29, 0.717) is 17.1 Å². The minimum Gasteiger partial charge on any atom is -0.456 e. The fourth-order valence-electron chi connectivity index (χ4n) is 8.04. The van der Waals surface area contributed by atoms with E-state index in [1.54, 1.807) is 0 Å². The van der Waals surface area contributed by atoms with Crippen molar-refractivity contribution in [3.8, 4) is 44.8 Å². The Bertz CT molecular complexity index is 3320. The van der Waals surface area contributed by atoms with Gasteiger partial charge in [0, 0.05) is 27.1 Å². The van der Waals surface area contributed by atoms with Gasteiger partial charge in [0.05, 0.1) is 0 Å². The Hall–Kier alpha value is -7.43. The van der Waals surface area contributed by atoms with E-state index in [1.165, 1.54) is 11.1 Å². The lowest BCUT2D eigenvalue weighted by molar-refractivity contribution is 0.669. The van der Waals surface area contributed by atoms with Crippen LogP contribution in [-0.2, 0) is 0 Å². The van der Waals surface area contributed by atoms with Gasteiger partial charge in [-0.3, -0.25) is 0 Å². The molecule has 8 aromatic carbocycles. The molecule has 0 saturated heterocycles. The number of aromatic nitrogens is 3. The molecule has 11 aromatic rings. The molecule has 256 valence electrons. The summed E-state index contributed by atoms with van der Waals surface area (Å²) in [7, 11) is 0. The van der Waals surface area contributed by atoms with Crippen LogP contribution in [0.2, 0.25) is 0 Å². The van der Waals surface area contributed by atoms with Crippen molar-refractivity contribution in [1.29, 1.82) is 0 Å². The predicted molar refractivity (Wildman–Crippen MR) is 228 cm³/mol. The van der Waals surface area contributed by atoms with Crippen molar-refractivity contribution in [2.75, 3.05) is 0 Å². The largest absolute Gasteiger partial charge is 0.456 e. The van der Waals surface area contributed by atoms with Crippen LogP contribution < -0.4 is 0 Å². The maximum absolute atomic E-state index is 6.47. The molecule has 0 fully saturated rings. The zero-order valence-electron chi connectivity index (χ0n) is 29.6. The van der Waals surface area contributed by atoms with Gasteiger partial charge in [-0.1, -0.05) is 152 Å². The van der Waals surface area contributed by atoms with Gasteiger partial charge in [-0.05, 0) is 91.3 Å². The van der Waals surface area contributed by atoms with E-state index in [-0.39, 0.29) is 0 Å². The second-order valence-corrected chi connectivity index (χ2v) is 14.0. The lowest BCUT2D eigenvalue weighted by atomic mass is 9.94. The van der Waals surface area contributed by atoms with Crippen LogP contribution in [0.4, 0.5) is 0 Å². The molecule has 0 spiro atoms. The molecule has 3 heterocycles.